The SMILES string of the molecule is COc1ccccc1OC(=O)C(C)Sc1ccccc1. The van der Waals surface area contributed by atoms with Crippen molar-refractivity contribution in [2.75, 3.05) is 7.11 Å². The van der Waals surface area contributed by atoms with Gasteiger partial charge in [0.25, 0.3) is 0 Å². The van der Waals surface area contributed by atoms with Crippen LogP contribution in [0.15, 0.2) is 59.5 Å². The van der Waals surface area contributed by atoms with E-state index < -0.39 is 0 Å². The van der Waals surface area contributed by atoms with E-state index in [4.69, 9.17) is 9.47 Å². The summed E-state index contributed by atoms with van der Waals surface area (Å²) in [6.07, 6.45) is 0. The third-order valence-corrected chi connectivity index (χ3v) is 3.76. The van der Waals surface area contributed by atoms with Crippen molar-refractivity contribution < 1.29 is 14.3 Å². The largest absolute Gasteiger partial charge is 0.493 e. The van der Waals surface area contributed by atoms with Gasteiger partial charge in [-0.05, 0) is 31.2 Å². The summed E-state index contributed by atoms with van der Waals surface area (Å²) in [7, 11) is 1.55. The Morgan fingerprint density at radius 1 is 1.00 bits per heavy atom. The zero-order valence-corrected chi connectivity index (χ0v) is 12.2. The Labute approximate surface area is 122 Å². The molecule has 0 aromatic heterocycles. The van der Waals surface area contributed by atoms with Crippen LogP contribution >= 0.6 is 11.8 Å². The molecule has 20 heavy (non-hydrogen) atoms. The van der Waals surface area contributed by atoms with E-state index in [-0.39, 0.29) is 11.2 Å². The van der Waals surface area contributed by atoms with Crippen molar-refractivity contribution in [3.8, 4) is 11.5 Å². The Kier molecular flexibility index (Phi) is 5.07. The predicted octanol–water partition coefficient (Wildman–Crippen LogP) is 3.78. The number of hydrogen-bond acceptors (Lipinski definition) is 4. The highest BCUT2D eigenvalue weighted by molar-refractivity contribution is 8.00. The molecule has 1 atom stereocenters. The van der Waals surface area contributed by atoms with Crippen LogP contribution in [-0.4, -0.2) is 18.3 Å². The summed E-state index contributed by atoms with van der Waals surface area (Å²) >= 11 is 1.47. The number of ether oxygens (including phenoxy) is 2. The van der Waals surface area contributed by atoms with Gasteiger partial charge in [-0.1, -0.05) is 30.3 Å². The van der Waals surface area contributed by atoms with Crippen LogP contribution in [0.4, 0.5) is 0 Å². The molecule has 0 spiro atoms. The number of thioether (sulfide) groups is 1. The maximum absolute atomic E-state index is 12.1. The van der Waals surface area contributed by atoms with Crippen LogP contribution in [0.25, 0.3) is 0 Å². The van der Waals surface area contributed by atoms with Crippen molar-refractivity contribution in [2.24, 2.45) is 0 Å². The second kappa shape index (κ2) is 7.01. The fourth-order valence-corrected chi connectivity index (χ4v) is 2.51. The molecule has 0 aliphatic carbocycles. The molecule has 0 radical (unpaired) electrons. The molecule has 1 unspecified atom stereocenters. The highest BCUT2D eigenvalue weighted by Crippen LogP contribution is 2.28. The number of carbonyl (C=O) groups is 1. The molecule has 0 bridgehead atoms. The Bertz CT molecular complexity index is 569. The van der Waals surface area contributed by atoms with Crippen molar-refractivity contribution in [3.05, 3.63) is 54.6 Å². The van der Waals surface area contributed by atoms with Gasteiger partial charge in [0.1, 0.15) is 5.25 Å². The molecule has 0 N–H and O–H groups in total. The first-order valence-corrected chi connectivity index (χ1v) is 7.15. The molecule has 4 heteroatoms. The molecule has 0 aliphatic heterocycles. The van der Waals surface area contributed by atoms with E-state index in [1.54, 1.807) is 25.3 Å². The second-order valence-corrected chi connectivity index (χ2v) is 5.56. The van der Waals surface area contributed by atoms with Crippen molar-refractivity contribution >= 4 is 17.7 Å². The Morgan fingerprint density at radius 3 is 2.25 bits per heavy atom. The Morgan fingerprint density at radius 2 is 1.60 bits per heavy atom. The number of carbonyl (C=O) groups excluding carboxylic acids is 1. The quantitative estimate of drug-likeness (QED) is 0.476. The normalized spacial score (nSPS) is 11.7. The maximum atomic E-state index is 12.1. The molecule has 0 heterocycles. The van der Waals surface area contributed by atoms with Crippen molar-refractivity contribution in [1.29, 1.82) is 0 Å². The number of methoxy groups -OCH3 is 1. The van der Waals surface area contributed by atoms with Gasteiger partial charge < -0.3 is 9.47 Å². The number of hydrogen-bond donors (Lipinski definition) is 0. The number of esters is 1. The van der Waals surface area contributed by atoms with Gasteiger partial charge in [-0.2, -0.15) is 0 Å². The zero-order valence-electron chi connectivity index (χ0n) is 11.4. The third-order valence-electron chi connectivity index (χ3n) is 2.67. The van der Waals surface area contributed by atoms with Crippen LogP contribution in [0, 0.1) is 0 Å². The molecule has 0 amide bonds. The molecule has 104 valence electrons. The average Bonchev–Trinajstić information content (AvgIpc) is 2.48. The molecule has 2 aromatic rings. The van der Waals surface area contributed by atoms with Crippen molar-refractivity contribution in [2.45, 2.75) is 17.1 Å². The van der Waals surface area contributed by atoms with Gasteiger partial charge in [-0.15, -0.1) is 11.8 Å². The van der Waals surface area contributed by atoms with Gasteiger partial charge in [0.05, 0.1) is 7.11 Å². The molecule has 0 saturated heterocycles. The van der Waals surface area contributed by atoms with E-state index in [0.29, 0.717) is 11.5 Å². The predicted molar refractivity (Wildman–Crippen MR) is 80.4 cm³/mol. The average molecular weight is 288 g/mol. The first-order valence-electron chi connectivity index (χ1n) is 6.27. The first kappa shape index (κ1) is 14.5. The maximum Gasteiger partial charge on any atom is 0.324 e. The fourth-order valence-electron chi connectivity index (χ4n) is 1.65. The lowest BCUT2D eigenvalue weighted by Gasteiger charge is -2.12. The van der Waals surface area contributed by atoms with E-state index in [9.17, 15) is 4.79 Å². The third kappa shape index (κ3) is 3.78. The molecule has 2 rings (SSSR count). The van der Waals surface area contributed by atoms with Crippen LogP contribution in [0.2, 0.25) is 0 Å². The summed E-state index contributed by atoms with van der Waals surface area (Å²) in [5.74, 6) is 0.710. The summed E-state index contributed by atoms with van der Waals surface area (Å²) in [6, 6.07) is 16.9. The van der Waals surface area contributed by atoms with Crippen LogP contribution in [-0.2, 0) is 4.79 Å². The van der Waals surface area contributed by atoms with Crippen LogP contribution in [0.1, 0.15) is 6.92 Å². The summed E-state index contributed by atoms with van der Waals surface area (Å²) in [5, 5.41) is -0.290. The minimum absolute atomic E-state index is 0.289. The lowest BCUT2D eigenvalue weighted by molar-refractivity contribution is -0.133. The molecule has 0 aliphatic rings. The summed E-state index contributed by atoms with van der Waals surface area (Å²) in [4.78, 5) is 13.1. The van der Waals surface area contributed by atoms with E-state index in [0.717, 1.165) is 4.90 Å². The van der Waals surface area contributed by atoms with Gasteiger partial charge in [-0.3, -0.25) is 4.79 Å². The van der Waals surface area contributed by atoms with Crippen LogP contribution in [0.3, 0.4) is 0 Å². The minimum Gasteiger partial charge on any atom is -0.493 e. The monoisotopic (exact) mass is 288 g/mol. The standard InChI is InChI=1S/C16H16O3S/c1-12(20-13-8-4-3-5-9-13)16(17)19-15-11-7-6-10-14(15)18-2/h3-12H,1-2H3. The van der Waals surface area contributed by atoms with Crippen molar-refractivity contribution in [3.63, 3.8) is 0 Å². The van der Waals surface area contributed by atoms with Crippen LogP contribution in [0.5, 0.6) is 11.5 Å². The number of rotatable bonds is 5. The van der Waals surface area contributed by atoms with Crippen LogP contribution < -0.4 is 9.47 Å². The number of benzene rings is 2. The van der Waals surface area contributed by atoms with Gasteiger partial charge in [0.2, 0.25) is 0 Å². The van der Waals surface area contributed by atoms with E-state index in [1.807, 2.05) is 43.3 Å². The van der Waals surface area contributed by atoms with Gasteiger partial charge in [0, 0.05) is 4.90 Å². The van der Waals surface area contributed by atoms with E-state index >= 15 is 0 Å². The molecule has 0 fully saturated rings. The topological polar surface area (TPSA) is 35.5 Å². The van der Waals surface area contributed by atoms with Gasteiger partial charge in [-0.25, -0.2) is 0 Å². The molecular formula is C16H16O3S. The Balaban J connectivity index is 2.01. The number of para-hydroxylation sites is 2. The van der Waals surface area contributed by atoms with Crippen molar-refractivity contribution in [1.82, 2.24) is 0 Å². The minimum atomic E-state index is -0.290. The zero-order chi connectivity index (χ0) is 14.4. The van der Waals surface area contributed by atoms with Gasteiger partial charge >= 0.3 is 5.97 Å². The lowest BCUT2D eigenvalue weighted by atomic mass is 10.3. The summed E-state index contributed by atoms with van der Waals surface area (Å²) < 4.78 is 10.5. The molecular weight excluding hydrogens is 272 g/mol. The Hall–Kier alpha value is -1.94. The molecule has 0 saturated carbocycles. The summed E-state index contributed by atoms with van der Waals surface area (Å²) in [5.41, 5.74) is 0. The lowest BCUT2D eigenvalue weighted by Crippen LogP contribution is -2.20. The molecule has 3 nitrogen and oxygen atoms in total. The van der Waals surface area contributed by atoms with E-state index in [1.165, 1.54) is 11.8 Å². The van der Waals surface area contributed by atoms with Gasteiger partial charge in [0.15, 0.2) is 11.5 Å². The summed E-state index contributed by atoms with van der Waals surface area (Å²) in [6.45, 7) is 1.83. The first-order chi connectivity index (χ1) is 9.70. The van der Waals surface area contributed by atoms with E-state index in [2.05, 4.69) is 0 Å². The highest BCUT2D eigenvalue weighted by atomic mass is 32.2. The molecule has 2 aromatic carbocycles. The second-order valence-electron chi connectivity index (χ2n) is 4.15. The fraction of sp³-hybridized carbons (Fsp3) is 0.188. The smallest absolute Gasteiger partial charge is 0.324 e. The highest BCUT2D eigenvalue weighted by Gasteiger charge is 2.18.